The highest BCUT2D eigenvalue weighted by Gasteiger charge is 2.12. The maximum Gasteiger partial charge on any atom is 0.255 e. The normalized spacial score (nSPS) is 10.3. The maximum absolute atomic E-state index is 11.9. The minimum absolute atomic E-state index is 0.178. The van der Waals surface area contributed by atoms with Gasteiger partial charge >= 0.3 is 0 Å². The molecule has 0 fully saturated rings. The molecule has 1 aromatic rings. The van der Waals surface area contributed by atoms with Gasteiger partial charge in [-0.15, -0.1) is 0 Å². The number of carbonyl (C=O) groups is 1. The molecule has 0 unspecified atom stereocenters. The molecular weight excluding hydrogens is 260 g/mol. The smallest absolute Gasteiger partial charge is 0.255 e. The second-order valence-corrected chi connectivity index (χ2v) is 4.07. The Bertz CT molecular complexity index is 424. The predicted molar refractivity (Wildman–Crippen MR) is 77.1 cm³/mol. The van der Waals surface area contributed by atoms with Gasteiger partial charge in [0, 0.05) is 25.4 Å². The lowest BCUT2D eigenvalue weighted by atomic mass is 10.1. The highest BCUT2D eigenvalue weighted by Crippen LogP contribution is 2.21. The first-order chi connectivity index (χ1) is 9.69. The zero-order valence-corrected chi connectivity index (χ0v) is 12.0. The fraction of sp³-hybridized carbons (Fsp3) is 0.500. The predicted octanol–water partition coefficient (Wildman–Crippen LogP) is 1.06. The van der Waals surface area contributed by atoms with Crippen LogP contribution in [0.4, 0.5) is 5.69 Å². The summed E-state index contributed by atoms with van der Waals surface area (Å²) < 4.78 is 15.7. The largest absolute Gasteiger partial charge is 0.490 e. The third-order valence-corrected chi connectivity index (χ3v) is 2.50. The van der Waals surface area contributed by atoms with Crippen LogP contribution in [0.2, 0.25) is 0 Å². The first-order valence-corrected chi connectivity index (χ1v) is 6.56. The minimum atomic E-state index is -0.178. The van der Waals surface area contributed by atoms with Crippen molar-refractivity contribution < 1.29 is 19.0 Å². The van der Waals surface area contributed by atoms with Gasteiger partial charge in [-0.1, -0.05) is 0 Å². The monoisotopic (exact) mass is 282 g/mol. The van der Waals surface area contributed by atoms with Gasteiger partial charge in [0.05, 0.1) is 25.4 Å². The summed E-state index contributed by atoms with van der Waals surface area (Å²) in [5.41, 5.74) is 6.73. The molecule has 0 saturated heterocycles. The van der Waals surface area contributed by atoms with Crippen LogP contribution in [0, 0.1) is 0 Å². The number of ether oxygens (including phenoxy) is 3. The molecule has 0 atom stereocenters. The van der Waals surface area contributed by atoms with Gasteiger partial charge < -0.3 is 25.3 Å². The molecule has 0 aliphatic carbocycles. The van der Waals surface area contributed by atoms with E-state index in [1.807, 2.05) is 6.92 Å². The first-order valence-electron chi connectivity index (χ1n) is 6.56. The molecule has 6 heteroatoms. The second-order valence-electron chi connectivity index (χ2n) is 4.07. The van der Waals surface area contributed by atoms with Crippen molar-refractivity contribution in [1.82, 2.24) is 5.32 Å². The van der Waals surface area contributed by atoms with Gasteiger partial charge in [-0.3, -0.25) is 4.79 Å². The standard InChI is InChI=1S/C14H22N2O4/c1-3-16-14(17)12-5-4-11(15)10-13(12)20-9-8-19-7-6-18-2/h4-5,10H,3,6-9,15H2,1-2H3,(H,16,17). The molecule has 0 spiro atoms. The van der Waals surface area contributed by atoms with Gasteiger partial charge in [-0.25, -0.2) is 0 Å². The quantitative estimate of drug-likeness (QED) is 0.523. The van der Waals surface area contributed by atoms with Crippen LogP contribution in [0.5, 0.6) is 5.75 Å². The van der Waals surface area contributed by atoms with Crippen LogP contribution in [-0.2, 0) is 9.47 Å². The molecule has 112 valence electrons. The molecule has 3 N–H and O–H groups in total. The van der Waals surface area contributed by atoms with Crippen molar-refractivity contribution in [3.8, 4) is 5.75 Å². The first kappa shape index (κ1) is 16.3. The molecule has 0 aliphatic rings. The number of nitrogen functional groups attached to an aromatic ring is 1. The van der Waals surface area contributed by atoms with Crippen molar-refractivity contribution in [3.05, 3.63) is 23.8 Å². The lowest BCUT2D eigenvalue weighted by Crippen LogP contribution is -2.23. The Labute approximate surface area is 119 Å². The number of amides is 1. The summed E-state index contributed by atoms with van der Waals surface area (Å²) in [5, 5.41) is 2.73. The van der Waals surface area contributed by atoms with E-state index in [-0.39, 0.29) is 5.91 Å². The molecule has 0 saturated carbocycles. The number of nitrogens with two attached hydrogens (primary N) is 1. The molecule has 1 rings (SSSR count). The third-order valence-electron chi connectivity index (χ3n) is 2.50. The Morgan fingerprint density at radius 3 is 2.70 bits per heavy atom. The van der Waals surface area contributed by atoms with E-state index in [4.69, 9.17) is 19.9 Å². The number of rotatable bonds is 9. The van der Waals surface area contributed by atoms with Gasteiger partial charge in [-0.2, -0.15) is 0 Å². The Hall–Kier alpha value is -1.79. The Morgan fingerprint density at radius 1 is 1.25 bits per heavy atom. The number of methoxy groups -OCH3 is 1. The molecule has 0 bridgehead atoms. The summed E-state index contributed by atoms with van der Waals surface area (Å²) in [7, 11) is 1.62. The maximum atomic E-state index is 11.9. The molecule has 20 heavy (non-hydrogen) atoms. The highest BCUT2D eigenvalue weighted by atomic mass is 16.5. The molecule has 0 heterocycles. The van der Waals surface area contributed by atoms with Crippen LogP contribution in [0.25, 0.3) is 0 Å². The van der Waals surface area contributed by atoms with Gasteiger partial charge in [-0.05, 0) is 19.1 Å². The van der Waals surface area contributed by atoms with Crippen LogP contribution in [0.1, 0.15) is 17.3 Å². The molecular formula is C14H22N2O4. The van der Waals surface area contributed by atoms with E-state index in [9.17, 15) is 4.79 Å². The van der Waals surface area contributed by atoms with Gasteiger partial charge in [0.1, 0.15) is 12.4 Å². The SMILES string of the molecule is CCNC(=O)c1ccc(N)cc1OCCOCCOC. The second kappa shape index (κ2) is 9.17. The van der Waals surface area contributed by atoms with Gasteiger partial charge in [0.2, 0.25) is 0 Å². The average Bonchev–Trinajstić information content (AvgIpc) is 2.43. The summed E-state index contributed by atoms with van der Waals surface area (Å²) in [6, 6.07) is 4.97. The molecule has 6 nitrogen and oxygen atoms in total. The van der Waals surface area contributed by atoms with Crippen molar-refractivity contribution >= 4 is 11.6 Å². The van der Waals surface area contributed by atoms with E-state index in [1.165, 1.54) is 0 Å². The van der Waals surface area contributed by atoms with Crippen LogP contribution in [-0.4, -0.2) is 46.0 Å². The summed E-state index contributed by atoms with van der Waals surface area (Å²) in [4.78, 5) is 11.9. The van der Waals surface area contributed by atoms with Crippen LogP contribution < -0.4 is 15.8 Å². The van der Waals surface area contributed by atoms with Crippen LogP contribution in [0.15, 0.2) is 18.2 Å². The number of nitrogens with one attached hydrogen (secondary N) is 1. The minimum Gasteiger partial charge on any atom is -0.490 e. The lowest BCUT2D eigenvalue weighted by Gasteiger charge is -2.12. The zero-order valence-electron chi connectivity index (χ0n) is 12.0. The number of carbonyl (C=O) groups excluding carboxylic acids is 1. The average molecular weight is 282 g/mol. The van der Waals surface area contributed by atoms with Gasteiger partial charge in [0.25, 0.3) is 5.91 Å². The number of anilines is 1. The van der Waals surface area contributed by atoms with E-state index in [2.05, 4.69) is 5.32 Å². The molecule has 0 aromatic heterocycles. The van der Waals surface area contributed by atoms with E-state index in [0.29, 0.717) is 50.0 Å². The molecule has 0 radical (unpaired) electrons. The summed E-state index contributed by atoms with van der Waals surface area (Å²) in [5.74, 6) is 0.286. The lowest BCUT2D eigenvalue weighted by molar-refractivity contribution is 0.0542. The van der Waals surface area contributed by atoms with Crippen molar-refractivity contribution in [3.63, 3.8) is 0 Å². The fourth-order valence-electron chi connectivity index (χ4n) is 1.56. The Morgan fingerprint density at radius 2 is 2.00 bits per heavy atom. The molecule has 0 aliphatic heterocycles. The third kappa shape index (κ3) is 5.46. The van der Waals surface area contributed by atoms with Crippen molar-refractivity contribution in [1.29, 1.82) is 0 Å². The highest BCUT2D eigenvalue weighted by molar-refractivity contribution is 5.97. The van der Waals surface area contributed by atoms with Crippen molar-refractivity contribution in [2.24, 2.45) is 0 Å². The summed E-state index contributed by atoms with van der Waals surface area (Å²) in [6.07, 6.45) is 0. The summed E-state index contributed by atoms with van der Waals surface area (Å²) >= 11 is 0. The molecule has 1 amide bonds. The topological polar surface area (TPSA) is 82.8 Å². The van der Waals surface area contributed by atoms with E-state index >= 15 is 0 Å². The van der Waals surface area contributed by atoms with Crippen LogP contribution in [0.3, 0.4) is 0 Å². The van der Waals surface area contributed by atoms with Crippen molar-refractivity contribution in [2.45, 2.75) is 6.92 Å². The fourth-order valence-corrected chi connectivity index (χ4v) is 1.56. The number of hydrogen-bond acceptors (Lipinski definition) is 5. The van der Waals surface area contributed by atoms with Gasteiger partial charge in [0.15, 0.2) is 0 Å². The number of hydrogen-bond donors (Lipinski definition) is 2. The number of benzene rings is 1. The van der Waals surface area contributed by atoms with E-state index < -0.39 is 0 Å². The van der Waals surface area contributed by atoms with E-state index in [1.54, 1.807) is 25.3 Å². The van der Waals surface area contributed by atoms with Crippen LogP contribution >= 0.6 is 0 Å². The zero-order chi connectivity index (χ0) is 14.8. The Kier molecular flexibility index (Phi) is 7.46. The molecule has 1 aromatic carbocycles. The summed E-state index contributed by atoms with van der Waals surface area (Å²) in [6.45, 7) is 4.25. The van der Waals surface area contributed by atoms with Crippen molar-refractivity contribution in [2.75, 3.05) is 45.8 Å². The Balaban J connectivity index is 2.54. The van der Waals surface area contributed by atoms with E-state index in [0.717, 1.165) is 0 Å².